The van der Waals surface area contributed by atoms with Gasteiger partial charge in [0.25, 0.3) is 0 Å². The minimum absolute atomic E-state index is 0.0275. The number of hydrogen-bond acceptors (Lipinski definition) is 6. The van der Waals surface area contributed by atoms with E-state index < -0.39 is 0 Å². The Kier molecular flexibility index (Phi) is 4.69. The fraction of sp³-hybridized carbons (Fsp3) is 0.294. The van der Waals surface area contributed by atoms with Crippen LogP contribution in [0, 0.1) is 6.92 Å². The van der Waals surface area contributed by atoms with Gasteiger partial charge in [0.1, 0.15) is 18.7 Å². The SMILES string of the molecule is COC(=O)Cn1ncc2c(NCCc3cccc(C)c3)ncnc21. The molecule has 3 aromatic rings. The third kappa shape index (κ3) is 3.51. The van der Waals surface area contributed by atoms with Gasteiger partial charge < -0.3 is 10.1 Å². The lowest BCUT2D eigenvalue weighted by molar-refractivity contribution is -0.141. The van der Waals surface area contributed by atoms with E-state index in [1.54, 1.807) is 6.20 Å². The number of aryl methyl sites for hydroxylation is 1. The summed E-state index contributed by atoms with van der Waals surface area (Å²) in [5, 5.41) is 8.29. The molecule has 3 rings (SSSR count). The molecule has 7 nitrogen and oxygen atoms in total. The molecule has 1 N–H and O–H groups in total. The van der Waals surface area contributed by atoms with Crippen molar-refractivity contribution in [3.8, 4) is 0 Å². The summed E-state index contributed by atoms with van der Waals surface area (Å²) in [6.45, 7) is 2.86. The lowest BCUT2D eigenvalue weighted by Gasteiger charge is -2.07. The van der Waals surface area contributed by atoms with Gasteiger partial charge in [-0.15, -0.1) is 0 Å². The fourth-order valence-corrected chi connectivity index (χ4v) is 2.53. The van der Waals surface area contributed by atoms with Crippen molar-refractivity contribution in [1.29, 1.82) is 0 Å². The Morgan fingerprint density at radius 1 is 1.33 bits per heavy atom. The molecule has 0 atom stereocenters. The van der Waals surface area contributed by atoms with Crippen LogP contribution < -0.4 is 5.32 Å². The molecular weight excluding hydrogens is 306 g/mol. The van der Waals surface area contributed by atoms with Gasteiger partial charge in [-0.2, -0.15) is 5.10 Å². The highest BCUT2D eigenvalue weighted by Crippen LogP contribution is 2.18. The Morgan fingerprint density at radius 2 is 2.21 bits per heavy atom. The third-order valence-electron chi connectivity index (χ3n) is 3.73. The number of benzene rings is 1. The van der Waals surface area contributed by atoms with E-state index in [4.69, 9.17) is 0 Å². The molecule has 0 bridgehead atoms. The van der Waals surface area contributed by atoms with Crippen molar-refractivity contribution in [2.75, 3.05) is 19.0 Å². The molecule has 24 heavy (non-hydrogen) atoms. The summed E-state index contributed by atoms with van der Waals surface area (Å²) in [4.78, 5) is 19.9. The quantitative estimate of drug-likeness (QED) is 0.698. The molecule has 2 heterocycles. The maximum Gasteiger partial charge on any atom is 0.327 e. The highest BCUT2D eigenvalue weighted by molar-refractivity contribution is 5.86. The van der Waals surface area contributed by atoms with E-state index in [1.807, 2.05) is 0 Å². The zero-order valence-electron chi connectivity index (χ0n) is 13.7. The van der Waals surface area contributed by atoms with Crippen molar-refractivity contribution < 1.29 is 9.53 Å². The number of rotatable bonds is 6. The van der Waals surface area contributed by atoms with E-state index in [9.17, 15) is 4.79 Å². The molecule has 1 aromatic carbocycles. The van der Waals surface area contributed by atoms with Crippen LogP contribution in [-0.2, 0) is 22.5 Å². The number of anilines is 1. The predicted octanol–water partition coefficient (Wildman–Crippen LogP) is 1.96. The molecule has 2 aromatic heterocycles. The minimum Gasteiger partial charge on any atom is -0.468 e. The van der Waals surface area contributed by atoms with Crippen LogP contribution in [0.2, 0.25) is 0 Å². The maximum atomic E-state index is 11.4. The lowest BCUT2D eigenvalue weighted by atomic mass is 10.1. The number of esters is 1. The average Bonchev–Trinajstić information content (AvgIpc) is 2.99. The van der Waals surface area contributed by atoms with Crippen LogP contribution in [0.4, 0.5) is 5.82 Å². The molecular formula is C17H19N5O2. The lowest BCUT2D eigenvalue weighted by Crippen LogP contribution is -2.13. The van der Waals surface area contributed by atoms with Crippen LogP contribution in [0.25, 0.3) is 11.0 Å². The molecule has 0 saturated heterocycles. The summed E-state index contributed by atoms with van der Waals surface area (Å²) < 4.78 is 6.18. The van der Waals surface area contributed by atoms with Crippen molar-refractivity contribution in [2.45, 2.75) is 19.9 Å². The molecule has 124 valence electrons. The van der Waals surface area contributed by atoms with Crippen molar-refractivity contribution in [2.24, 2.45) is 0 Å². The molecule has 0 aliphatic heterocycles. The largest absolute Gasteiger partial charge is 0.468 e. The number of ether oxygens (including phenoxy) is 1. The second-order valence-corrected chi connectivity index (χ2v) is 5.50. The van der Waals surface area contributed by atoms with E-state index in [2.05, 4.69) is 56.3 Å². The smallest absolute Gasteiger partial charge is 0.327 e. The summed E-state index contributed by atoms with van der Waals surface area (Å²) >= 11 is 0. The van der Waals surface area contributed by atoms with Crippen molar-refractivity contribution in [3.63, 3.8) is 0 Å². The number of fused-ring (bicyclic) bond motifs is 1. The van der Waals surface area contributed by atoms with E-state index >= 15 is 0 Å². The number of nitrogens with one attached hydrogen (secondary N) is 1. The third-order valence-corrected chi connectivity index (χ3v) is 3.73. The Labute approximate surface area is 139 Å². The number of nitrogens with zero attached hydrogens (tertiary/aromatic N) is 4. The van der Waals surface area contributed by atoms with E-state index in [0.29, 0.717) is 11.5 Å². The number of carbonyl (C=O) groups is 1. The van der Waals surface area contributed by atoms with Crippen LogP contribution >= 0.6 is 0 Å². The standard InChI is InChI=1S/C17H19N5O2/c1-12-4-3-5-13(8-12)6-7-18-16-14-9-21-22(10-15(23)24-2)17(14)20-11-19-16/h3-5,8-9,11H,6-7,10H2,1-2H3,(H,18,19,20). The molecule has 7 heteroatoms. The Bertz CT molecular complexity index is 859. The van der Waals surface area contributed by atoms with E-state index in [0.717, 1.165) is 18.4 Å². The molecule has 0 fully saturated rings. The van der Waals surface area contributed by atoms with Crippen LogP contribution in [-0.4, -0.2) is 39.4 Å². The summed E-state index contributed by atoms with van der Waals surface area (Å²) in [5.74, 6) is 0.344. The van der Waals surface area contributed by atoms with Gasteiger partial charge in [0.05, 0.1) is 18.7 Å². The van der Waals surface area contributed by atoms with Crippen molar-refractivity contribution in [3.05, 3.63) is 47.9 Å². The molecule has 0 radical (unpaired) electrons. The number of hydrogen-bond donors (Lipinski definition) is 1. The van der Waals surface area contributed by atoms with Gasteiger partial charge in [0.15, 0.2) is 5.65 Å². The van der Waals surface area contributed by atoms with Crippen LogP contribution in [0.15, 0.2) is 36.8 Å². The molecule has 0 aliphatic rings. The van der Waals surface area contributed by atoms with Crippen LogP contribution in [0.3, 0.4) is 0 Å². The van der Waals surface area contributed by atoms with Gasteiger partial charge in [-0.1, -0.05) is 29.8 Å². The summed E-state index contributed by atoms with van der Waals surface area (Å²) in [7, 11) is 1.35. The maximum absolute atomic E-state index is 11.4. The first-order valence-electron chi connectivity index (χ1n) is 7.70. The Hall–Kier alpha value is -2.96. The zero-order valence-corrected chi connectivity index (χ0v) is 13.7. The zero-order chi connectivity index (χ0) is 16.9. The van der Waals surface area contributed by atoms with Gasteiger partial charge in [0.2, 0.25) is 0 Å². The summed E-state index contributed by atoms with van der Waals surface area (Å²) in [5.41, 5.74) is 3.13. The number of carbonyl (C=O) groups excluding carboxylic acids is 1. The van der Waals surface area contributed by atoms with Crippen molar-refractivity contribution in [1.82, 2.24) is 19.7 Å². The van der Waals surface area contributed by atoms with Crippen LogP contribution in [0.1, 0.15) is 11.1 Å². The highest BCUT2D eigenvalue weighted by Gasteiger charge is 2.12. The topological polar surface area (TPSA) is 81.9 Å². The van der Waals surface area contributed by atoms with Gasteiger partial charge in [-0.05, 0) is 18.9 Å². The van der Waals surface area contributed by atoms with Gasteiger partial charge in [-0.3, -0.25) is 4.79 Å². The molecule has 0 saturated carbocycles. The average molecular weight is 325 g/mol. The van der Waals surface area contributed by atoms with Crippen LogP contribution in [0.5, 0.6) is 0 Å². The van der Waals surface area contributed by atoms with E-state index in [1.165, 1.54) is 29.2 Å². The second-order valence-electron chi connectivity index (χ2n) is 5.50. The fourth-order valence-electron chi connectivity index (χ4n) is 2.53. The Balaban J connectivity index is 1.72. The first-order chi connectivity index (χ1) is 11.7. The first kappa shape index (κ1) is 15.9. The van der Waals surface area contributed by atoms with Gasteiger partial charge in [0, 0.05) is 6.54 Å². The molecule has 0 aliphatic carbocycles. The minimum atomic E-state index is -0.368. The predicted molar refractivity (Wildman–Crippen MR) is 90.7 cm³/mol. The van der Waals surface area contributed by atoms with Crippen molar-refractivity contribution >= 4 is 22.8 Å². The van der Waals surface area contributed by atoms with E-state index in [-0.39, 0.29) is 12.5 Å². The molecule has 0 spiro atoms. The molecule has 0 unspecified atom stereocenters. The Morgan fingerprint density at radius 3 is 3.00 bits per heavy atom. The monoisotopic (exact) mass is 325 g/mol. The number of aromatic nitrogens is 4. The molecule has 0 amide bonds. The van der Waals surface area contributed by atoms with Gasteiger partial charge in [-0.25, -0.2) is 14.6 Å². The summed E-state index contributed by atoms with van der Waals surface area (Å²) in [6.07, 6.45) is 4.02. The highest BCUT2D eigenvalue weighted by atomic mass is 16.5. The number of methoxy groups -OCH3 is 1. The second kappa shape index (κ2) is 7.08. The normalized spacial score (nSPS) is 10.8. The van der Waals surface area contributed by atoms with Gasteiger partial charge >= 0.3 is 5.97 Å². The summed E-state index contributed by atoms with van der Waals surface area (Å²) in [6, 6.07) is 8.43. The first-order valence-corrected chi connectivity index (χ1v) is 7.70.